The van der Waals surface area contributed by atoms with Gasteiger partial charge in [-0.25, -0.2) is 18.1 Å². The maximum Gasteiger partial charge on any atom is 0.240 e. The minimum atomic E-state index is -3.46. The van der Waals surface area contributed by atoms with Crippen LogP contribution in [0.4, 0.5) is 11.8 Å². The Bertz CT molecular complexity index is 1320. The molecule has 1 saturated heterocycles. The van der Waals surface area contributed by atoms with Crippen molar-refractivity contribution in [1.82, 2.24) is 19.6 Å². The van der Waals surface area contributed by atoms with Crippen LogP contribution in [0, 0.1) is 18.8 Å². The van der Waals surface area contributed by atoms with Crippen LogP contribution in [0.5, 0.6) is 0 Å². The van der Waals surface area contributed by atoms with Gasteiger partial charge in [0.15, 0.2) is 0 Å². The summed E-state index contributed by atoms with van der Waals surface area (Å²) in [5, 5.41) is 8.04. The Morgan fingerprint density at radius 1 is 0.897 bits per heavy atom. The van der Waals surface area contributed by atoms with Gasteiger partial charge in [-0.05, 0) is 68.7 Å². The second kappa shape index (κ2) is 13.0. The first-order valence-electron chi connectivity index (χ1n) is 14.1. The number of nitrogens with zero attached hydrogens (tertiary/aromatic N) is 3. The predicted molar refractivity (Wildman–Crippen MR) is 156 cm³/mol. The van der Waals surface area contributed by atoms with Crippen molar-refractivity contribution < 1.29 is 13.2 Å². The summed E-state index contributed by atoms with van der Waals surface area (Å²) in [6, 6.07) is 15.1. The van der Waals surface area contributed by atoms with E-state index in [-0.39, 0.29) is 0 Å². The zero-order chi connectivity index (χ0) is 27.1. The lowest BCUT2D eigenvalue weighted by atomic mass is 9.82. The summed E-state index contributed by atoms with van der Waals surface area (Å²) in [5.41, 5.74) is 1.97. The van der Waals surface area contributed by atoms with Crippen molar-refractivity contribution in [2.24, 2.45) is 11.8 Å². The third-order valence-electron chi connectivity index (χ3n) is 7.84. The highest BCUT2D eigenvalue weighted by molar-refractivity contribution is 7.89. The molecule has 3 N–H and O–H groups in total. The van der Waals surface area contributed by atoms with Crippen molar-refractivity contribution in [3.05, 3.63) is 54.1 Å². The predicted octanol–water partition coefficient (Wildman–Crippen LogP) is 3.88. The molecule has 3 aromatic rings. The maximum absolute atomic E-state index is 12.6. The Labute approximate surface area is 231 Å². The summed E-state index contributed by atoms with van der Waals surface area (Å²) in [7, 11) is -3.46. The molecule has 0 spiro atoms. The van der Waals surface area contributed by atoms with E-state index in [0.29, 0.717) is 29.2 Å². The first kappa shape index (κ1) is 27.8. The number of aromatic nitrogens is 2. The number of benzene rings is 2. The summed E-state index contributed by atoms with van der Waals surface area (Å²) in [4.78, 5) is 12.3. The minimum absolute atomic E-state index is 0.330. The van der Waals surface area contributed by atoms with Crippen LogP contribution >= 0.6 is 0 Å². The number of hydrogen-bond donors (Lipinski definition) is 3. The second-order valence-corrected chi connectivity index (χ2v) is 12.5. The van der Waals surface area contributed by atoms with E-state index in [1.165, 1.54) is 0 Å². The third kappa shape index (κ3) is 7.66. The Hall–Kier alpha value is -2.79. The monoisotopic (exact) mass is 552 g/mol. The molecule has 10 heteroatoms. The topological polar surface area (TPSA) is 108 Å². The molecule has 0 unspecified atom stereocenters. The largest absolute Gasteiger partial charge is 0.379 e. The minimum Gasteiger partial charge on any atom is -0.379 e. The van der Waals surface area contributed by atoms with Crippen molar-refractivity contribution >= 4 is 32.7 Å². The molecule has 2 aromatic carbocycles. The van der Waals surface area contributed by atoms with Crippen LogP contribution in [0.2, 0.25) is 0 Å². The Morgan fingerprint density at radius 2 is 1.59 bits per heavy atom. The number of nitrogens with one attached hydrogen (secondary N) is 3. The highest BCUT2D eigenvalue weighted by atomic mass is 32.2. The van der Waals surface area contributed by atoms with Gasteiger partial charge in [0.1, 0.15) is 5.82 Å². The smallest absolute Gasteiger partial charge is 0.240 e. The molecule has 2 fully saturated rings. The molecule has 210 valence electrons. The first-order valence-corrected chi connectivity index (χ1v) is 15.6. The molecule has 39 heavy (non-hydrogen) atoms. The highest BCUT2D eigenvalue weighted by Gasteiger charge is 2.23. The van der Waals surface area contributed by atoms with Crippen LogP contribution in [-0.2, 0) is 14.8 Å². The molecule has 0 radical (unpaired) electrons. The van der Waals surface area contributed by atoms with Gasteiger partial charge in [0, 0.05) is 44.7 Å². The van der Waals surface area contributed by atoms with Crippen LogP contribution in [0.3, 0.4) is 0 Å². The maximum atomic E-state index is 12.6. The molecule has 0 bridgehead atoms. The SMILES string of the molecule is Cc1ccc(S(=O)(=O)NC[C@H]2CC[C@H](CNc3nc(NCCN4CCOCC4)c4ccccc4n3)CC2)cc1. The van der Waals surface area contributed by atoms with Crippen LogP contribution in [0.1, 0.15) is 31.2 Å². The van der Waals surface area contributed by atoms with Gasteiger partial charge in [0.25, 0.3) is 0 Å². The van der Waals surface area contributed by atoms with E-state index in [9.17, 15) is 8.42 Å². The number of rotatable bonds is 11. The van der Waals surface area contributed by atoms with E-state index >= 15 is 0 Å². The molecule has 1 aliphatic heterocycles. The summed E-state index contributed by atoms with van der Waals surface area (Å²) in [6.07, 6.45) is 4.13. The van der Waals surface area contributed by atoms with Crippen molar-refractivity contribution in [3.8, 4) is 0 Å². The van der Waals surface area contributed by atoms with Gasteiger partial charge in [-0.3, -0.25) is 4.90 Å². The zero-order valence-corrected chi connectivity index (χ0v) is 23.5. The number of morpholine rings is 1. The molecule has 1 aliphatic carbocycles. The van der Waals surface area contributed by atoms with Gasteiger partial charge < -0.3 is 15.4 Å². The van der Waals surface area contributed by atoms with Crippen LogP contribution < -0.4 is 15.4 Å². The molecule has 2 aliphatic rings. The van der Waals surface area contributed by atoms with Gasteiger partial charge in [-0.2, -0.15) is 4.98 Å². The molecule has 0 atom stereocenters. The van der Waals surface area contributed by atoms with Crippen molar-refractivity contribution in [2.45, 2.75) is 37.5 Å². The standard InChI is InChI=1S/C29H40N6O3S/c1-22-6-12-25(13-7-22)39(36,37)32-21-24-10-8-23(9-11-24)20-31-29-33-27-5-3-2-4-26(27)28(34-29)30-14-15-35-16-18-38-19-17-35/h2-7,12-13,23-24,32H,8-11,14-21H2,1H3,(H2,30,31,33,34)/t23-,24-. The average Bonchev–Trinajstić information content (AvgIpc) is 2.96. The summed E-state index contributed by atoms with van der Waals surface area (Å²) in [5.74, 6) is 2.39. The quantitative estimate of drug-likeness (QED) is 0.329. The fraction of sp³-hybridized carbons (Fsp3) is 0.517. The van der Waals surface area contributed by atoms with E-state index in [4.69, 9.17) is 14.7 Å². The summed E-state index contributed by atoms with van der Waals surface area (Å²) < 4.78 is 33.5. The third-order valence-corrected chi connectivity index (χ3v) is 9.28. The lowest BCUT2D eigenvalue weighted by molar-refractivity contribution is 0.0398. The molecular weight excluding hydrogens is 512 g/mol. The summed E-state index contributed by atoms with van der Waals surface area (Å²) >= 11 is 0. The summed E-state index contributed by atoms with van der Waals surface area (Å²) in [6.45, 7) is 8.57. The van der Waals surface area contributed by atoms with E-state index in [1.54, 1.807) is 12.1 Å². The van der Waals surface area contributed by atoms with Gasteiger partial charge >= 0.3 is 0 Å². The van der Waals surface area contributed by atoms with E-state index in [1.807, 2.05) is 37.3 Å². The average molecular weight is 553 g/mol. The van der Waals surface area contributed by atoms with E-state index < -0.39 is 10.0 Å². The van der Waals surface area contributed by atoms with Gasteiger partial charge in [0.2, 0.25) is 16.0 Å². The van der Waals surface area contributed by atoms with Crippen molar-refractivity contribution in [2.75, 3.05) is 63.1 Å². The zero-order valence-electron chi connectivity index (χ0n) is 22.7. The number of anilines is 2. The van der Waals surface area contributed by atoms with Gasteiger partial charge in [-0.1, -0.05) is 29.8 Å². The number of fused-ring (bicyclic) bond motifs is 1. The van der Waals surface area contributed by atoms with Crippen LogP contribution in [-0.4, -0.2) is 75.8 Å². The van der Waals surface area contributed by atoms with E-state index in [0.717, 1.165) is 93.9 Å². The molecule has 5 rings (SSSR count). The molecule has 1 saturated carbocycles. The number of hydrogen-bond acceptors (Lipinski definition) is 8. The lowest BCUT2D eigenvalue weighted by Crippen LogP contribution is -2.39. The fourth-order valence-corrected chi connectivity index (χ4v) is 6.47. The first-order chi connectivity index (χ1) is 19.0. The number of para-hydroxylation sites is 1. The molecule has 2 heterocycles. The Kier molecular flexibility index (Phi) is 9.28. The van der Waals surface area contributed by atoms with Gasteiger partial charge in [0.05, 0.1) is 23.6 Å². The Morgan fingerprint density at radius 3 is 2.33 bits per heavy atom. The van der Waals surface area contributed by atoms with Crippen molar-refractivity contribution in [1.29, 1.82) is 0 Å². The molecule has 9 nitrogen and oxygen atoms in total. The normalized spacial score (nSPS) is 20.6. The molecule has 1 aromatic heterocycles. The molecule has 0 amide bonds. The Balaban J connectivity index is 1.10. The fourth-order valence-electron chi connectivity index (χ4n) is 5.35. The lowest BCUT2D eigenvalue weighted by Gasteiger charge is -2.28. The second-order valence-electron chi connectivity index (χ2n) is 10.7. The number of aryl methyl sites for hydroxylation is 1. The van der Waals surface area contributed by atoms with E-state index in [2.05, 4.69) is 26.3 Å². The highest BCUT2D eigenvalue weighted by Crippen LogP contribution is 2.29. The van der Waals surface area contributed by atoms with Gasteiger partial charge in [-0.15, -0.1) is 0 Å². The van der Waals surface area contributed by atoms with Crippen LogP contribution in [0.25, 0.3) is 10.9 Å². The molecular formula is C29H40N6O3S. The van der Waals surface area contributed by atoms with Crippen molar-refractivity contribution in [3.63, 3.8) is 0 Å². The number of ether oxygens (including phenoxy) is 1. The number of sulfonamides is 1. The van der Waals surface area contributed by atoms with Crippen LogP contribution in [0.15, 0.2) is 53.4 Å².